The van der Waals surface area contributed by atoms with E-state index in [1.54, 1.807) is 6.07 Å². The largest absolute Gasteiger partial charge is 0.369 e. The Hall–Kier alpha value is -2.63. The number of carbonyl (C=O) groups excluding carboxylic acids is 1. The van der Waals surface area contributed by atoms with Crippen molar-refractivity contribution in [3.05, 3.63) is 71.2 Å². The van der Waals surface area contributed by atoms with E-state index >= 15 is 0 Å². The number of nitrogens with one attached hydrogen (secondary N) is 2. The number of carbonyl (C=O) groups is 1. The van der Waals surface area contributed by atoms with Crippen LogP contribution in [0.3, 0.4) is 0 Å². The maximum Gasteiger partial charge on any atom is 0.258 e. The van der Waals surface area contributed by atoms with Crippen molar-refractivity contribution in [2.24, 2.45) is 0 Å². The van der Waals surface area contributed by atoms with E-state index in [2.05, 4.69) is 15.5 Å². The van der Waals surface area contributed by atoms with E-state index in [0.717, 1.165) is 48.1 Å². The lowest BCUT2D eigenvalue weighted by atomic mass is 10.0. The van der Waals surface area contributed by atoms with Crippen LogP contribution in [0, 0.1) is 0 Å². The molecular formula is C23H22ClN3OS. The van der Waals surface area contributed by atoms with Crippen LogP contribution < -0.4 is 15.5 Å². The SMILES string of the molecule is O=C(NC(=S)Nc1cccc(Cl)c1N1CCCCC1)c1cccc2ccccc12. The van der Waals surface area contributed by atoms with Gasteiger partial charge in [-0.3, -0.25) is 10.1 Å². The van der Waals surface area contributed by atoms with Gasteiger partial charge in [-0.25, -0.2) is 0 Å². The summed E-state index contributed by atoms with van der Waals surface area (Å²) in [7, 11) is 0. The molecule has 6 heteroatoms. The molecule has 0 radical (unpaired) electrons. The zero-order chi connectivity index (χ0) is 20.2. The molecule has 4 nitrogen and oxygen atoms in total. The molecule has 0 bridgehead atoms. The zero-order valence-electron chi connectivity index (χ0n) is 16.0. The fourth-order valence-electron chi connectivity index (χ4n) is 3.80. The number of anilines is 2. The second-order valence-corrected chi connectivity index (χ2v) is 7.93. The van der Waals surface area contributed by atoms with Gasteiger partial charge in [0.25, 0.3) is 5.91 Å². The Labute approximate surface area is 180 Å². The van der Waals surface area contributed by atoms with Crippen molar-refractivity contribution < 1.29 is 4.79 Å². The average Bonchev–Trinajstić information content (AvgIpc) is 2.74. The first kappa shape index (κ1) is 19.7. The summed E-state index contributed by atoms with van der Waals surface area (Å²) in [6.45, 7) is 1.93. The van der Waals surface area contributed by atoms with Crippen LogP contribution >= 0.6 is 23.8 Å². The van der Waals surface area contributed by atoms with Gasteiger partial charge in [0.15, 0.2) is 5.11 Å². The van der Waals surface area contributed by atoms with Crippen LogP contribution in [0.2, 0.25) is 5.02 Å². The van der Waals surface area contributed by atoms with E-state index in [1.807, 2.05) is 54.6 Å². The summed E-state index contributed by atoms with van der Waals surface area (Å²) in [6, 6.07) is 19.2. The molecule has 0 aliphatic carbocycles. The van der Waals surface area contributed by atoms with Gasteiger partial charge in [0.1, 0.15) is 0 Å². The van der Waals surface area contributed by atoms with E-state index in [1.165, 1.54) is 6.42 Å². The van der Waals surface area contributed by atoms with Crippen molar-refractivity contribution in [1.29, 1.82) is 0 Å². The van der Waals surface area contributed by atoms with Crippen molar-refractivity contribution in [1.82, 2.24) is 5.32 Å². The standard InChI is InChI=1S/C23H22ClN3OS/c24-19-12-7-13-20(21(19)27-14-4-1-5-15-27)25-23(29)26-22(28)18-11-6-9-16-8-2-3-10-17(16)18/h2-3,6-13H,1,4-5,14-15H2,(H2,25,26,28,29). The third kappa shape index (κ3) is 4.36. The molecule has 1 heterocycles. The van der Waals surface area contributed by atoms with Crippen LogP contribution in [-0.2, 0) is 0 Å². The number of halogens is 1. The first-order valence-corrected chi connectivity index (χ1v) is 10.6. The molecule has 0 saturated carbocycles. The Kier molecular flexibility index (Phi) is 5.97. The van der Waals surface area contributed by atoms with Crippen molar-refractivity contribution in [2.45, 2.75) is 19.3 Å². The summed E-state index contributed by atoms with van der Waals surface area (Å²) in [6.07, 6.45) is 3.53. The first-order valence-electron chi connectivity index (χ1n) is 9.77. The average molecular weight is 424 g/mol. The second kappa shape index (κ2) is 8.80. The number of rotatable bonds is 3. The number of nitrogens with zero attached hydrogens (tertiary/aromatic N) is 1. The monoisotopic (exact) mass is 423 g/mol. The number of thiocarbonyl (C=S) groups is 1. The molecule has 1 amide bonds. The van der Waals surface area contributed by atoms with Gasteiger partial charge in [-0.05, 0) is 60.5 Å². The minimum absolute atomic E-state index is 0.235. The first-order chi connectivity index (χ1) is 14.1. The van der Waals surface area contributed by atoms with E-state index in [4.69, 9.17) is 23.8 Å². The van der Waals surface area contributed by atoms with Crippen LogP contribution in [0.4, 0.5) is 11.4 Å². The molecule has 148 valence electrons. The highest BCUT2D eigenvalue weighted by Crippen LogP contribution is 2.35. The van der Waals surface area contributed by atoms with Gasteiger partial charge in [-0.2, -0.15) is 0 Å². The lowest BCUT2D eigenvalue weighted by Crippen LogP contribution is -2.35. The number of benzene rings is 3. The number of hydrogen-bond donors (Lipinski definition) is 2. The number of hydrogen-bond acceptors (Lipinski definition) is 3. The van der Waals surface area contributed by atoms with Crippen molar-refractivity contribution in [3.63, 3.8) is 0 Å². The summed E-state index contributed by atoms with van der Waals surface area (Å²) in [5, 5.41) is 8.82. The topological polar surface area (TPSA) is 44.4 Å². The van der Waals surface area contributed by atoms with E-state index in [0.29, 0.717) is 10.6 Å². The fourth-order valence-corrected chi connectivity index (χ4v) is 4.30. The van der Waals surface area contributed by atoms with Crippen LogP contribution in [0.1, 0.15) is 29.6 Å². The molecule has 0 unspecified atom stereocenters. The summed E-state index contributed by atoms with van der Waals surface area (Å²) in [5.74, 6) is -0.235. The van der Waals surface area contributed by atoms with Gasteiger partial charge in [0, 0.05) is 18.7 Å². The van der Waals surface area contributed by atoms with Crippen LogP contribution in [0.5, 0.6) is 0 Å². The molecule has 3 aromatic rings. The van der Waals surface area contributed by atoms with Gasteiger partial charge in [0.2, 0.25) is 0 Å². The minimum atomic E-state index is -0.235. The number of piperidine rings is 1. The molecule has 29 heavy (non-hydrogen) atoms. The number of amides is 1. The maximum absolute atomic E-state index is 12.8. The molecule has 0 aromatic heterocycles. The lowest BCUT2D eigenvalue weighted by Gasteiger charge is -2.31. The molecule has 3 aromatic carbocycles. The molecular weight excluding hydrogens is 402 g/mol. The maximum atomic E-state index is 12.8. The Morgan fingerprint density at radius 1 is 0.931 bits per heavy atom. The van der Waals surface area contributed by atoms with Crippen molar-refractivity contribution in [3.8, 4) is 0 Å². The van der Waals surface area contributed by atoms with Crippen molar-refractivity contribution >= 4 is 57.0 Å². The van der Waals surface area contributed by atoms with E-state index in [9.17, 15) is 4.79 Å². The molecule has 0 spiro atoms. The van der Waals surface area contributed by atoms with E-state index < -0.39 is 0 Å². The molecule has 2 N–H and O–H groups in total. The number of fused-ring (bicyclic) bond motifs is 1. The Morgan fingerprint density at radius 3 is 2.48 bits per heavy atom. The predicted octanol–water partition coefficient (Wildman–Crippen LogP) is 5.61. The highest BCUT2D eigenvalue weighted by molar-refractivity contribution is 7.80. The van der Waals surface area contributed by atoms with Crippen LogP contribution in [-0.4, -0.2) is 24.1 Å². The molecule has 0 atom stereocenters. The normalized spacial score (nSPS) is 13.9. The molecule has 1 aliphatic heterocycles. The summed E-state index contributed by atoms with van der Waals surface area (Å²) < 4.78 is 0. The summed E-state index contributed by atoms with van der Waals surface area (Å²) >= 11 is 11.9. The van der Waals surface area contributed by atoms with Gasteiger partial charge < -0.3 is 10.2 Å². The fraction of sp³-hybridized carbons (Fsp3) is 0.217. The smallest absolute Gasteiger partial charge is 0.258 e. The van der Waals surface area contributed by atoms with E-state index in [-0.39, 0.29) is 11.0 Å². The van der Waals surface area contributed by atoms with Gasteiger partial charge in [0.05, 0.1) is 16.4 Å². The third-order valence-corrected chi connectivity index (χ3v) is 5.68. The molecule has 1 saturated heterocycles. The lowest BCUT2D eigenvalue weighted by molar-refractivity contribution is 0.0979. The number of para-hydroxylation sites is 1. The quantitative estimate of drug-likeness (QED) is 0.537. The minimum Gasteiger partial charge on any atom is -0.369 e. The second-order valence-electron chi connectivity index (χ2n) is 7.12. The Balaban J connectivity index is 1.53. The molecule has 4 rings (SSSR count). The van der Waals surface area contributed by atoms with Gasteiger partial charge >= 0.3 is 0 Å². The molecule has 1 fully saturated rings. The Bertz CT molecular complexity index is 1060. The van der Waals surface area contributed by atoms with Gasteiger partial charge in [-0.1, -0.05) is 54.1 Å². The van der Waals surface area contributed by atoms with Crippen molar-refractivity contribution in [2.75, 3.05) is 23.3 Å². The summed E-state index contributed by atoms with van der Waals surface area (Å²) in [4.78, 5) is 15.1. The highest BCUT2D eigenvalue weighted by atomic mass is 35.5. The Morgan fingerprint density at radius 2 is 1.66 bits per heavy atom. The zero-order valence-corrected chi connectivity index (χ0v) is 17.5. The predicted molar refractivity (Wildman–Crippen MR) is 125 cm³/mol. The van der Waals surface area contributed by atoms with Gasteiger partial charge in [-0.15, -0.1) is 0 Å². The summed E-state index contributed by atoms with van der Waals surface area (Å²) in [5.41, 5.74) is 2.34. The third-order valence-electron chi connectivity index (χ3n) is 5.17. The van der Waals surface area contributed by atoms with Crippen LogP contribution in [0.25, 0.3) is 10.8 Å². The highest BCUT2D eigenvalue weighted by Gasteiger charge is 2.19. The molecule has 1 aliphatic rings. The van der Waals surface area contributed by atoms with Crippen LogP contribution in [0.15, 0.2) is 60.7 Å².